The van der Waals surface area contributed by atoms with Crippen LogP contribution in [0.15, 0.2) is 71.7 Å². The Bertz CT molecular complexity index is 1410. The lowest BCUT2D eigenvalue weighted by molar-refractivity contribution is -0.139. The number of aliphatic carboxylic acids is 1. The molecule has 0 aliphatic carbocycles. The van der Waals surface area contributed by atoms with Crippen LogP contribution < -0.4 is 21.6 Å². The largest absolute Gasteiger partial charge is 0.480 e. The molecule has 4 rings (SSSR count). The first-order valence-corrected chi connectivity index (χ1v) is 13.9. The summed E-state index contributed by atoms with van der Waals surface area (Å²) >= 11 is 0. The number of carboxylic acid groups (broad SMARTS) is 1. The summed E-state index contributed by atoms with van der Waals surface area (Å²) in [7, 11) is 0. The average molecular weight is 577 g/mol. The van der Waals surface area contributed by atoms with Gasteiger partial charge in [-0.3, -0.25) is 4.57 Å². The number of likely N-dealkylation sites (tertiary alicyclic amines) is 1. The fourth-order valence-corrected chi connectivity index (χ4v) is 4.66. The van der Waals surface area contributed by atoms with E-state index in [0.717, 1.165) is 28.5 Å². The van der Waals surface area contributed by atoms with Crippen molar-refractivity contribution in [2.24, 2.45) is 5.92 Å². The summed E-state index contributed by atoms with van der Waals surface area (Å²) in [6.07, 6.45) is 2.24. The van der Waals surface area contributed by atoms with Crippen molar-refractivity contribution in [3.63, 3.8) is 0 Å². The van der Waals surface area contributed by atoms with E-state index in [2.05, 4.69) is 20.9 Å². The molecule has 3 aromatic rings. The lowest BCUT2D eigenvalue weighted by Crippen LogP contribution is -2.46. The predicted molar refractivity (Wildman–Crippen MR) is 156 cm³/mol. The Morgan fingerprint density at radius 1 is 1.02 bits per heavy atom. The number of aromatic nitrogens is 2. The molecular formula is C30H36N6O6. The van der Waals surface area contributed by atoms with Crippen LogP contribution in [0.4, 0.5) is 15.4 Å². The Morgan fingerprint density at radius 3 is 2.31 bits per heavy atom. The molecule has 1 fully saturated rings. The number of hydrogen-bond acceptors (Lipinski definition) is 7. The first-order chi connectivity index (χ1) is 20.3. The summed E-state index contributed by atoms with van der Waals surface area (Å²) in [5, 5.41) is 18.1. The monoisotopic (exact) mass is 576 g/mol. The van der Waals surface area contributed by atoms with Gasteiger partial charge in [0.2, 0.25) is 0 Å². The molecule has 4 N–H and O–H groups in total. The molecule has 1 atom stereocenters. The van der Waals surface area contributed by atoms with Crippen molar-refractivity contribution < 1.29 is 24.2 Å². The van der Waals surface area contributed by atoms with E-state index in [1.807, 2.05) is 41.3 Å². The summed E-state index contributed by atoms with van der Waals surface area (Å²) in [5.74, 6) is -0.589. The average Bonchev–Trinajstić information content (AvgIpc) is 3.00. The predicted octanol–water partition coefficient (Wildman–Crippen LogP) is 2.97. The van der Waals surface area contributed by atoms with Crippen LogP contribution in [0.3, 0.4) is 0 Å². The quantitative estimate of drug-likeness (QED) is 0.272. The van der Waals surface area contributed by atoms with Crippen LogP contribution >= 0.6 is 0 Å². The molecule has 3 amide bonds. The number of carbonyl (C=O) groups is 3. The van der Waals surface area contributed by atoms with E-state index in [-0.39, 0.29) is 19.2 Å². The van der Waals surface area contributed by atoms with E-state index >= 15 is 0 Å². The molecule has 0 unspecified atom stereocenters. The van der Waals surface area contributed by atoms with Gasteiger partial charge in [-0.05, 0) is 36.8 Å². The molecular weight excluding hydrogens is 540 g/mol. The molecule has 12 nitrogen and oxygen atoms in total. The van der Waals surface area contributed by atoms with Crippen LogP contribution in [0.25, 0.3) is 0 Å². The normalized spacial score (nSPS) is 14.1. The van der Waals surface area contributed by atoms with E-state index in [4.69, 9.17) is 4.74 Å². The first-order valence-electron chi connectivity index (χ1n) is 13.9. The molecule has 222 valence electrons. The van der Waals surface area contributed by atoms with Crippen molar-refractivity contribution in [2.75, 3.05) is 25.0 Å². The zero-order valence-electron chi connectivity index (χ0n) is 23.5. The number of carbonyl (C=O) groups excluding carboxylic acids is 2. The van der Waals surface area contributed by atoms with Crippen LogP contribution in [0.5, 0.6) is 0 Å². The van der Waals surface area contributed by atoms with Gasteiger partial charge in [-0.2, -0.15) is 4.98 Å². The maximum atomic E-state index is 12.7. The number of piperidine rings is 1. The fraction of sp³-hybridized carbons (Fsp3) is 0.367. The number of alkyl carbamates (subject to hydrolysis) is 1. The van der Waals surface area contributed by atoms with Gasteiger partial charge in [-0.15, -0.1) is 0 Å². The van der Waals surface area contributed by atoms with Gasteiger partial charge in [0.25, 0.3) is 0 Å². The zero-order valence-corrected chi connectivity index (χ0v) is 23.5. The minimum absolute atomic E-state index is 0.0134. The lowest BCUT2D eigenvalue weighted by Gasteiger charge is -2.32. The first kappa shape index (κ1) is 30.1. The van der Waals surface area contributed by atoms with Gasteiger partial charge in [0, 0.05) is 37.9 Å². The third-order valence-corrected chi connectivity index (χ3v) is 7.10. The molecule has 0 saturated carbocycles. The number of rotatable bonds is 11. The van der Waals surface area contributed by atoms with Crippen LogP contribution in [0.1, 0.15) is 29.5 Å². The summed E-state index contributed by atoms with van der Waals surface area (Å²) in [4.78, 5) is 55.1. The summed E-state index contributed by atoms with van der Waals surface area (Å²) < 4.78 is 6.26. The van der Waals surface area contributed by atoms with Gasteiger partial charge in [-0.25, -0.2) is 19.2 Å². The van der Waals surface area contributed by atoms with E-state index in [1.54, 1.807) is 31.2 Å². The molecule has 2 aromatic carbocycles. The molecule has 0 spiro atoms. The third-order valence-electron chi connectivity index (χ3n) is 7.10. The third kappa shape index (κ3) is 8.82. The molecule has 1 aliphatic heterocycles. The highest BCUT2D eigenvalue weighted by Gasteiger charge is 2.24. The molecule has 42 heavy (non-hydrogen) atoms. The minimum atomic E-state index is -1.39. The fourth-order valence-electron chi connectivity index (χ4n) is 4.66. The Balaban J connectivity index is 1.24. The van der Waals surface area contributed by atoms with Crippen molar-refractivity contribution in [2.45, 2.75) is 45.5 Å². The number of benzene rings is 2. The Hall–Kier alpha value is -4.87. The highest BCUT2D eigenvalue weighted by Crippen LogP contribution is 2.19. The second-order valence-corrected chi connectivity index (χ2v) is 10.3. The number of hydrogen-bond donors (Lipinski definition) is 4. The number of aryl methyl sites for hydroxylation is 1. The van der Waals surface area contributed by atoms with Crippen molar-refractivity contribution in [3.05, 3.63) is 94.0 Å². The van der Waals surface area contributed by atoms with Crippen molar-refractivity contribution in [1.82, 2.24) is 25.1 Å². The number of amides is 3. The van der Waals surface area contributed by atoms with E-state index in [9.17, 15) is 24.3 Å². The van der Waals surface area contributed by atoms with Crippen LogP contribution in [-0.2, 0) is 29.2 Å². The second-order valence-electron chi connectivity index (χ2n) is 10.3. The van der Waals surface area contributed by atoms with Crippen molar-refractivity contribution >= 4 is 23.9 Å². The van der Waals surface area contributed by atoms with Gasteiger partial charge >= 0.3 is 23.8 Å². The highest BCUT2D eigenvalue weighted by atomic mass is 16.5. The van der Waals surface area contributed by atoms with Gasteiger partial charge < -0.3 is 30.7 Å². The van der Waals surface area contributed by atoms with Gasteiger partial charge in [0.1, 0.15) is 18.5 Å². The lowest BCUT2D eigenvalue weighted by atomic mass is 9.97. The Kier molecular flexibility index (Phi) is 10.5. The smallest absolute Gasteiger partial charge is 0.408 e. The zero-order chi connectivity index (χ0) is 29.9. The Labute approximate surface area is 243 Å². The molecule has 1 aromatic heterocycles. The highest BCUT2D eigenvalue weighted by molar-refractivity contribution is 5.79. The van der Waals surface area contributed by atoms with Gasteiger partial charge in [0.15, 0.2) is 0 Å². The maximum absolute atomic E-state index is 12.7. The number of carboxylic acids is 1. The Morgan fingerprint density at radius 2 is 1.67 bits per heavy atom. The molecule has 0 radical (unpaired) electrons. The number of nitrogens with zero attached hydrogens (tertiary/aromatic N) is 3. The topological polar surface area (TPSA) is 155 Å². The van der Waals surface area contributed by atoms with Crippen molar-refractivity contribution in [1.29, 1.82) is 0 Å². The SMILES string of the molecule is Cc1cn(C[C@H](NC(=O)OCc2ccccc2)C(=O)O)c(=O)nc1NCC1CCN(C(=O)NCc2ccccc2)CC1. The van der Waals surface area contributed by atoms with Gasteiger partial charge in [-0.1, -0.05) is 60.7 Å². The number of nitrogens with one attached hydrogen (secondary N) is 3. The van der Waals surface area contributed by atoms with E-state index in [0.29, 0.717) is 43.5 Å². The second kappa shape index (κ2) is 14.7. The molecule has 2 heterocycles. The number of ether oxygens (including phenoxy) is 1. The summed E-state index contributed by atoms with van der Waals surface area (Å²) in [6, 6.07) is 17.3. The maximum Gasteiger partial charge on any atom is 0.408 e. The molecule has 12 heteroatoms. The minimum Gasteiger partial charge on any atom is -0.480 e. The molecule has 1 saturated heterocycles. The summed E-state index contributed by atoms with van der Waals surface area (Å²) in [6.45, 7) is 3.79. The van der Waals surface area contributed by atoms with Crippen LogP contribution in [0, 0.1) is 12.8 Å². The summed E-state index contributed by atoms with van der Waals surface area (Å²) in [5.41, 5.74) is 1.82. The van der Waals surface area contributed by atoms with E-state index in [1.165, 1.54) is 6.20 Å². The molecule has 1 aliphatic rings. The number of anilines is 1. The number of urea groups is 1. The van der Waals surface area contributed by atoms with Gasteiger partial charge in [0.05, 0.1) is 6.54 Å². The standard InChI is InChI=1S/C30H36N6O6/c1-21-18-36(19-25(27(37)38)33-30(41)42-20-24-10-6-3-7-11-24)29(40)34-26(21)31-16-23-12-14-35(15-13-23)28(39)32-17-22-8-4-2-5-9-22/h2-11,18,23,25H,12-17,19-20H2,1H3,(H,32,39)(H,33,41)(H,37,38)(H,31,34,40)/t25-/m0/s1. The van der Waals surface area contributed by atoms with Crippen LogP contribution in [0.2, 0.25) is 0 Å². The van der Waals surface area contributed by atoms with Crippen LogP contribution in [-0.4, -0.2) is 63.3 Å². The van der Waals surface area contributed by atoms with Crippen molar-refractivity contribution in [3.8, 4) is 0 Å². The molecule has 0 bridgehead atoms. The van der Waals surface area contributed by atoms with E-state index < -0.39 is 23.8 Å².